The number of halogens is 1. The van der Waals surface area contributed by atoms with Gasteiger partial charge in [0.15, 0.2) is 15.7 Å². The van der Waals surface area contributed by atoms with Crippen LogP contribution in [0.3, 0.4) is 0 Å². The van der Waals surface area contributed by atoms with Gasteiger partial charge in [0, 0.05) is 5.56 Å². The quantitative estimate of drug-likeness (QED) is 0.271. The van der Waals surface area contributed by atoms with Crippen LogP contribution in [0.5, 0.6) is 0 Å². The van der Waals surface area contributed by atoms with Gasteiger partial charge in [0.1, 0.15) is 5.21 Å². The number of rotatable bonds is 3. The van der Waals surface area contributed by atoms with Crippen LogP contribution in [0.1, 0.15) is 5.56 Å². The average molecular weight is 249 g/mol. The van der Waals surface area contributed by atoms with Crippen LogP contribution >= 0.6 is 11.6 Å². The smallest absolute Gasteiger partial charge is 0.192 e. The standard InChI is InChI=1S/C8H9ClN2O3S/c9-5-15(13,14)7-4-2-1-3-6(7)8(10)11-12/h1-4,12H,5H2,(H2,10,11). The van der Waals surface area contributed by atoms with Crippen molar-refractivity contribution in [1.29, 1.82) is 0 Å². The molecule has 0 aliphatic heterocycles. The molecule has 0 aliphatic carbocycles. The van der Waals surface area contributed by atoms with Gasteiger partial charge >= 0.3 is 0 Å². The zero-order valence-electron chi connectivity index (χ0n) is 7.59. The van der Waals surface area contributed by atoms with E-state index in [0.717, 1.165) is 0 Å². The Morgan fingerprint density at radius 2 is 2.07 bits per heavy atom. The molecule has 0 heterocycles. The molecule has 0 unspecified atom stereocenters. The second-order valence-electron chi connectivity index (χ2n) is 2.71. The van der Waals surface area contributed by atoms with E-state index in [4.69, 9.17) is 22.5 Å². The van der Waals surface area contributed by atoms with Crippen LogP contribution in [0.4, 0.5) is 0 Å². The lowest BCUT2D eigenvalue weighted by Gasteiger charge is -2.06. The monoisotopic (exact) mass is 248 g/mol. The number of benzene rings is 1. The maximum atomic E-state index is 11.5. The van der Waals surface area contributed by atoms with E-state index in [2.05, 4.69) is 5.16 Å². The second-order valence-corrected chi connectivity index (χ2v) is 5.25. The first-order valence-electron chi connectivity index (χ1n) is 3.88. The van der Waals surface area contributed by atoms with Crippen molar-refractivity contribution in [2.24, 2.45) is 10.9 Å². The molecule has 0 bridgehead atoms. The number of amidine groups is 1. The fourth-order valence-corrected chi connectivity index (χ4v) is 2.33. The summed E-state index contributed by atoms with van der Waals surface area (Å²) in [5.74, 6) is -0.265. The van der Waals surface area contributed by atoms with Crippen LogP contribution in [0.2, 0.25) is 0 Å². The van der Waals surface area contributed by atoms with E-state index in [1.165, 1.54) is 18.2 Å². The second kappa shape index (κ2) is 4.50. The van der Waals surface area contributed by atoms with E-state index in [0.29, 0.717) is 0 Å². The van der Waals surface area contributed by atoms with E-state index < -0.39 is 15.0 Å². The Hall–Kier alpha value is -1.27. The number of hydrogen-bond acceptors (Lipinski definition) is 4. The van der Waals surface area contributed by atoms with E-state index >= 15 is 0 Å². The highest BCUT2D eigenvalue weighted by atomic mass is 35.5. The number of hydrogen-bond donors (Lipinski definition) is 2. The Morgan fingerprint density at radius 3 is 2.60 bits per heavy atom. The van der Waals surface area contributed by atoms with Gasteiger partial charge in [0.2, 0.25) is 0 Å². The first-order chi connectivity index (χ1) is 7.03. The average Bonchev–Trinajstić information content (AvgIpc) is 2.28. The summed E-state index contributed by atoms with van der Waals surface area (Å²) in [5.41, 5.74) is 5.48. The van der Waals surface area contributed by atoms with Crippen molar-refractivity contribution in [2.75, 3.05) is 5.21 Å². The normalized spacial score (nSPS) is 12.7. The van der Waals surface area contributed by atoms with Gasteiger partial charge in [0.25, 0.3) is 0 Å². The van der Waals surface area contributed by atoms with Gasteiger partial charge in [-0.1, -0.05) is 17.3 Å². The van der Waals surface area contributed by atoms with E-state index in [-0.39, 0.29) is 16.3 Å². The van der Waals surface area contributed by atoms with Crippen LogP contribution in [-0.2, 0) is 9.84 Å². The molecule has 0 spiro atoms. The summed E-state index contributed by atoms with van der Waals surface area (Å²) in [6, 6.07) is 5.91. The van der Waals surface area contributed by atoms with Gasteiger partial charge in [-0.05, 0) is 12.1 Å². The number of nitrogens with two attached hydrogens (primary N) is 1. The van der Waals surface area contributed by atoms with Gasteiger partial charge in [0.05, 0.1) is 4.90 Å². The number of oxime groups is 1. The molecule has 0 aromatic heterocycles. The molecule has 0 amide bonds. The van der Waals surface area contributed by atoms with Gasteiger partial charge in [-0.2, -0.15) is 0 Å². The molecule has 1 aromatic rings. The molecule has 5 nitrogen and oxygen atoms in total. The summed E-state index contributed by atoms with van der Waals surface area (Å²) >= 11 is 5.32. The van der Waals surface area contributed by atoms with E-state index in [1.807, 2.05) is 0 Å². The minimum Gasteiger partial charge on any atom is -0.409 e. The highest BCUT2D eigenvalue weighted by Crippen LogP contribution is 2.17. The molecule has 0 aliphatic rings. The Bertz CT molecular complexity index is 484. The third-order valence-corrected chi connectivity index (χ3v) is 3.92. The lowest BCUT2D eigenvalue weighted by Crippen LogP contribution is -2.18. The van der Waals surface area contributed by atoms with E-state index in [9.17, 15) is 8.42 Å². The molecule has 0 saturated heterocycles. The molecule has 7 heteroatoms. The van der Waals surface area contributed by atoms with Gasteiger partial charge < -0.3 is 10.9 Å². The fraction of sp³-hybridized carbons (Fsp3) is 0.125. The third-order valence-electron chi connectivity index (χ3n) is 1.75. The summed E-state index contributed by atoms with van der Waals surface area (Å²) in [7, 11) is -3.59. The molecule has 0 radical (unpaired) electrons. The SMILES string of the molecule is N/C(=N\O)c1ccccc1S(=O)(=O)CCl. The molecule has 0 fully saturated rings. The number of nitrogens with zero attached hydrogens (tertiary/aromatic N) is 1. The van der Waals surface area contributed by atoms with Crippen molar-refractivity contribution in [1.82, 2.24) is 0 Å². The van der Waals surface area contributed by atoms with Crippen LogP contribution in [-0.4, -0.2) is 24.7 Å². The molecule has 15 heavy (non-hydrogen) atoms. The highest BCUT2D eigenvalue weighted by Gasteiger charge is 2.18. The fourth-order valence-electron chi connectivity index (χ4n) is 1.06. The molecular weight excluding hydrogens is 240 g/mol. The molecule has 82 valence electrons. The van der Waals surface area contributed by atoms with E-state index in [1.54, 1.807) is 6.07 Å². The molecule has 0 saturated carbocycles. The molecule has 0 atom stereocenters. The summed E-state index contributed by atoms with van der Waals surface area (Å²) in [4.78, 5) is -0.0460. The van der Waals surface area contributed by atoms with Crippen molar-refractivity contribution in [3.63, 3.8) is 0 Å². The zero-order chi connectivity index (χ0) is 11.5. The molecule has 1 rings (SSSR count). The number of alkyl halides is 1. The zero-order valence-corrected chi connectivity index (χ0v) is 9.16. The predicted octanol–water partition coefficient (Wildman–Crippen LogP) is 0.751. The Labute approximate surface area is 92.1 Å². The summed E-state index contributed by atoms with van der Waals surface area (Å²) in [6.07, 6.45) is 0. The minimum atomic E-state index is -3.59. The lowest BCUT2D eigenvalue weighted by atomic mass is 10.2. The highest BCUT2D eigenvalue weighted by molar-refractivity contribution is 7.92. The van der Waals surface area contributed by atoms with Gasteiger partial charge in [-0.25, -0.2) is 8.42 Å². The topological polar surface area (TPSA) is 92.8 Å². The summed E-state index contributed by atoms with van der Waals surface area (Å²) < 4.78 is 23.0. The molecular formula is C8H9ClN2O3S. The number of sulfone groups is 1. The van der Waals surface area contributed by atoms with Crippen molar-refractivity contribution in [2.45, 2.75) is 4.90 Å². The first-order valence-corrected chi connectivity index (χ1v) is 6.07. The van der Waals surface area contributed by atoms with Crippen LogP contribution in [0.15, 0.2) is 34.3 Å². The van der Waals surface area contributed by atoms with Crippen LogP contribution in [0.25, 0.3) is 0 Å². The molecule has 1 aromatic carbocycles. The largest absolute Gasteiger partial charge is 0.409 e. The minimum absolute atomic E-state index is 0.0460. The van der Waals surface area contributed by atoms with Crippen molar-refractivity contribution in [3.05, 3.63) is 29.8 Å². The summed E-state index contributed by atoms with van der Waals surface area (Å²) in [6.45, 7) is 0. The van der Waals surface area contributed by atoms with Crippen LogP contribution in [0, 0.1) is 0 Å². The van der Waals surface area contributed by atoms with Crippen molar-refractivity contribution in [3.8, 4) is 0 Å². The maximum absolute atomic E-state index is 11.5. The molecule has 3 N–H and O–H groups in total. The van der Waals surface area contributed by atoms with Crippen molar-refractivity contribution < 1.29 is 13.6 Å². The van der Waals surface area contributed by atoms with Gasteiger partial charge in [-0.15, -0.1) is 11.6 Å². The Kier molecular flexibility index (Phi) is 3.54. The summed E-state index contributed by atoms with van der Waals surface area (Å²) in [5, 5.41) is 10.7. The Morgan fingerprint density at radius 1 is 1.47 bits per heavy atom. The van der Waals surface area contributed by atoms with Gasteiger partial charge in [-0.3, -0.25) is 0 Å². The maximum Gasteiger partial charge on any atom is 0.192 e. The first kappa shape index (κ1) is 11.8. The third kappa shape index (κ3) is 2.40. The predicted molar refractivity (Wildman–Crippen MR) is 56.9 cm³/mol. The van der Waals surface area contributed by atoms with Crippen LogP contribution < -0.4 is 5.73 Å². The Balaban J connectivity index is 3.44. The van der Waals surface area contributed by atoms with Crippen molar-refractivity contribution >= 4 is 27.3 Å². The lowest BCUT2D eigenvalue weighted by molar-refractivity contribution is 0.318.